The Labute approximate surface area is 109 Å². The van der Waals surface area contributed by atoms with Crippen molar-refractivity contribution in [3.05, 3.63) is 35.1 Å². The van der Waals surface area contributed by atoms with Crippen molar-refractivity contribution in [3.63, 3.8) is 0 Å². The first-order chi connectivity index (χ1) is 8.99. The van der Waals surface area contributed by atoms with E-state index in [-0.39, 0.29) is 11.6 Å². The zero-order chi connectivity index (χ0) is 14.0. The number of carbonyl (C=O) groups is 1. The number of rotatable bonds is 4. The average molecular weight is 272 g/mol. The number of hydrogen-bond donors (Lipinski definition) is 2. The third-order valence-corrected chi connectivity index (χ3v) is 3.38. The molecule has 0 aliphatic heterocycles. The van der Waals surface area contributed by atoms with Crippen molar-refractivity contribution >= 4 is 5.91 Å². The molecule has 6 heteroatoms. The number of carbonyl (C=O) groups excluding carboxylic acids is 1. The third kappa shape index (κ3) is 3.07. The Hall–Kier alpha value is -1.56. The minimum absolute atomic E-state index is 0.0100. The number of halogens is 3. The molecule has 3 N–H and O–H groups in total. The van der Waals surface area contributed by atoms with Crippen LogP contribution in [0.3, 0.4) is 0 Å². The molecule has 19 heavy (non-hydrogen) atoms. The highest BCUT2D eigenvalue weighted by Gasteiger charge is 2.25. The van der Waals surface area contributed by atoms with E-state index in [0.717, 1.165) is 37.8 Å². The molecule has 1 saturated carbocycles. The lowest BCUT2D eigenvalue weighted by Crippen LogP contribution is -2.39. The van der Waals surface area contributed by atoms with Gasteiger partial charge >= 0.3 is 0 Å². The van der Waals surface area contributed by atoms with E-state index in [9.17, 15) is 18.0 Å². The first kappa shape index (κ1) is 13.9. The third-order valence-electron chi connectivity index (χ3n) is 3.38. The van der Waals surface area contributed by atoms with Crippen molar-refractivity contribution in [2.24, 2.45) is 5.73 Å². The molecule has 104 valence electrons. The van der Waals surface area contributed by atoms with Gasteiger partial charge in [0.2, 0.25) is 5.91 Å². The van der Waals surface area contributed by atoms with E-state index in [0.29, 0.717) is 0 Å². The van der Waals surface area contributed by atoms with Crippen LogP contribution >= 0.6 is 0 Å². The molecule has 1 unspecified atom stereocenters. The van der Waals surface area contributed by atoms with Crippen molar-refractivity contribution in [2.75, 3.05) is 0 Å². The van der Waals surface area contributed by atoms with Crippen LogP contribution in [0.25, 0.3) is 0 Å². The van der Waals surface area contributed by atoms with Crippen LogP contribution < -0.4 is 11.1 Å². The molecular formula is C13H15F3N2O. The van der Waals surface area contributed by atoms with Gasteiger partial charge in [-0.15, -0.1) is 0 Å². The Balaban J connectivity index is 2.25. The maximum Gasteiger partial charge on any atom is 0.239 e. The van der Waals surface area contributed by atoms with Gasteiger partial charge in [0.05, 0.1) is 0 Å². The summed E-state index contributed by atoms with van der Waals surface area (Å²) in [6.45, 7) is 0. The van der Waals surface area contributed by atoms with Crippen LogP contribution in [0, 0.1) is 17.5 Å². The molecule has 0 saturated heterocycles. The number of nitrogens with two attached hydrogens (primary N) is 1. The van der Waals surface area contributed by atoms with Crippen LogP contribution in [0.5, 0.6) is 0 Å². The van der Waals surface area contributed by atoms with Crippen LogP contribution in [-0.2, 0) is 4.79 Å². The van der Waals surface area contributed by atoms with E-state index >= 15 is 0 Å². The van der Waals surface area contributed by atoms with E-state index in [1.165, 1.54) is 0 Å². The quantitative estimate of drug-likeness (QED) is 0.825. The molecular weight excluding hydrogens is 257 g/mol. The van der Waals surface area contributed by atoms with Gasteiger partial charge in [0.25, 0.3) is 0 Å². The predicted molar refractivity (Wildman–Crippen MR) is 63.6 cm³/mol. The topological polar surface area (TPSA) is 55.1 Å². The van der Waals surface area contributed by atoms with Gasteiger partial charge in [-0.05, 0) is 30.5 Å². The summed E-state index contributed by atoms with van der Waals surface area (Å²) >= 11 is 0. The fourth-order valence-corrected chi connectivity index (χ4v) is 2.41. The summed E-state index contributed by atoms with van der Waals surface area (Å²) in [7, 11) is 0. The van der Waals surface area contributed by atoms with Gasteiger partial charge in [0.1, 0.15) is 6.04 Å². The molecule has 3 nitrogen and oxygen atoms in total. The zero-order valence-electron chi connectivity index (χ0n) is 10.3. The second kappa shape index (κ2) is 5.61. The van der Waals surface area contributed by atoms with Gasteiger partial charge in [-0.2, -0.15) is 0 Å². The van der Waals surface area contributed by atoms with Crippen molar-refractivity contribution in [1.29, 1.82) is 0 Å². The van der Waals surface area contributed by atoms with Gasteiger partial charge < -0.3 is 5.73 Å². The van der Waals surface area contributed by atoms with E-state index in [1.807, 2.05) is 0 Å². The molecule has 0 aromatic heterocycles. The maximum absolute atomic E-state index is 13.2. The highest BCUT2D eigenvalue weighted by atomic mass is 19.2. The van der Waals surface area contributed by atoms with Gasteiger partial charge in [-0.3, -0.25) is 10.1 Å². The lowest BCUT2D eigenvalue weighted by atomic mass is 10.0. The molecule has 0 heterocycles. The summed E-state index contributed by atoms with van der Waals surface area (Å²) in [6, 6.07) is 0.687. The molecule has 0 spiro atoms. The van der Waals surface area contributed by atoms with Crippen molar-refractivity contribution < 1.29 is 18.0 Å². The SMILES string of the molecule is NC(=O)C(NC1CCCC1)c1cc(F)c(F)c(F)c1. The molecule has 1 aromatic rings. The second-order valence-corrected chi connectivity index (χ2v) is 4.78. The molecule has 1 amide bonds. The fraction of sp³-hybridized carbons (Fsp3) is 0.462. The van der Waals surface area contributed by atoms with Crippen LogP contribution in [0.15, 0.2) is 12.1 Å². The summed E-state index contributed by atoms with van der Waals surface area (Å²) in [6.07, 6.45) is 3.84. The van der Waals surface area contributed by atoms with Crippen LogP contribution in [0.2, 0.25) is 0 Å². The second-order valence-electron chi connectivity index (χ2n) is 4.78. The molecule has 1 atom stereocenters. The Morgan fingerprint density at radius 3 is 2.21 bits per heavy atom. The average Bonchev–Trinajstić information content (AvgIpc) is 2.85. The van der Waals surface area contributed by atoms with E-state index in [1.54, 1.807) is 0 Å². The maximum atomic E-state index is 13.2. The van der Waals surface area contributed by atoms with Crippen molar-refractivity contribution in [2.45, 2.75) is 37.8 Å². The monoisotopic (exact) mass is 272 g/mol. The van der Waals surface area contributed by atoms with E-state index in [4.69, 9.17) is 5.73 Å². The van der Waals surface area contributed by atoms with Crippen molar-refractivity contribution in [1.82, 2.24) is 5.32 Å². The Morgan fingerprint density at radius 2 is 1.74 bits per heavy atom. The molecule has 1 aromatic carbocycles. The first-order valence-electron chi connectivity index (χ1n) is 6.19. The summed E-state index contributed by atoms with van der Waals surface area (Å²) in [5.41, 5.74) is 5.25. The van der Waals surface area contributed by atoms with E-state index < -0.39 is 29.4 Å². The number of nitrogens with one attached hydrogen (secondary N) is 1. The van der Waals surface area contributed by atoms with Crippen LogP contribution in [0.1, 0.15) is 37.3 Å². The van der Waals surface area contributed by atoms with Gasteiger partial charge in [0, 0.05) is 6.04 Å². The first-order valence-corrected chi connectivity index (χ1v) is 6.19. The van der Waals surface area contributed by atoms with Gasteiger partial charge in [-0.25, -0.2) is 13.2 Å². The molecule has 0 bridgehead atoms. The standard InChI is InChI=1S/C13H15F3N2O/c14-9-5-7(6-10(15)11(9)16)12(13(17)19)18-8-3-1-2-4-8/h5-6,8,12,18H,1-4H2,(H2,17,19). The van der Waals surface area contributed by atoms with Gasteiger partial charge in [-0.1, -0.05) is 12.8 Å². The predicted octanol–water partition coefficient (Wildman–Crippen LogP) is 2.16. The number of benzene rings is 1. The van der Waals surface area contributed by atoms with Crippen molar-refractivity contribution in [3.8, 4) is 0 Å². The number of hydrogen-bond acceptors (Lipinski definition) is 2. The normalized spacial score (nSPS) is 17.6. The summed E-state index contributed by atoms with van der Waals surface area (Å²) in [5.74, 6) is -4.94. The summed E-state index contributed by atoms with van der Waals surface area (Å²) in [4.78, 5) is 11.4. The fourth-order valence-electron chi connectivity index (χ4n) is 2.41. The minimum Gasteiger partial charge on any atom is -0.368 e. The van der Waals surface area contributed by atoms with Crippen LogP contribution in [0.4, 0.5) is 13.2 Å². The minimum atomic E-state index is -1.55. The molecule has 1 fully saturated rings. The number of primary amides is 1. The van der Waals surface area contributed by atoms with Crippen LogP contribution in [-0.4, -0.2) is 11.9 Å². The smallest absolute Gasteiger partial charge is 0.239 e. The number of amides is 1. The Bertz CT molecular complexity index is 464. The molecule has 1 aliphatic carbocycles. The lowest BCUT2D eigenvalue weighted by molar-refractivity contribution is -0.120. The largest absolute Gasteiger partial charge is 0.368 e. The molecule has 0 radical (unpaired) electrons. The van der Waals surface area contributed by atoms with Gasteiger partial charge in [0.15, 0.2) is 17.5 Å². The summed E-state index contributed by atoms with van der Waals surface area (Å²) in [5, 5.41) is 2.98. The Kier molecular flexibility index (Phi) is 4.09. The Morgan fingerprint density at radius 1 is 1.21 bits per heavy atom. The highest BCUT2D eigenvalue weighted by Crippen LogP contribution is 2.24. The summed E-state index contributed by atoms with van der Waals surface area (Å²) < 4.78 is 39.3. The molecule has 1 aliphatic rings. The highest BCUT2D eigenvalue weighted by molar-refractivity contribution is 5.81. The lowest BCUT2D eigenvalue weighted by Gasteiger charge is -2.20. The molecule has 2 rings (SSSR count). The zero-order valence-corrected chi connectivity index (χ0v) is 10.3. The van der Waals surface area contributed by atoms with E-state index in [2.05, 4.69) is 5.32 Å².